The number of hydrogen-bond acceptors (Lipinski definition) is 2. The molecule has 3 N–H and O–H groups in total. The normalized spacial score (nSPS) is 22.8. The van der Waals surface area contributed by atoms with Gasteiger partial charge >= 0.3 is 6.18 Å². The molecule has 1 aromatic rings. The van der Waals surface area contributed by atoms with Crippen molar-refractivity contribution in [2.24, 2.45) is 11.7 Å². The van der Waals surface area contributed by atoms with Crippen LogP contribution in [-0.4, -0.2) is 11.9 Å². The first-order valence-corrected chi connectivity index (χ1v) is 6.55. The molecule has 2 rings (SSSR count). The van der Waals surface area contributed by atoms with E-state index in [0.717, 1.165) is 25.0 Å². The number of carbonyl (C=O) groups excluding carboxylic acids is 1. The molecule has 0 bridgehead atoms. The van der Waals surface area contributed by atoms with Gasteiger partial charge < -0.3 is 11.1 Å². The number of alkyl halides is 3. The summed E-state index contributed by atoms with van der Waals surface area (Å²) in [4.78, 5) is 11.8. The van der Waals surface area contributed by atoms with Crippen molar-refractivity contribution < 1.29 is 18.0 Å². The van der Waals surface area contributed by atoms with Crippen LogP contribution in [0.2, 0.25) is 0 Å². The minimum Gasteiger partial charge on any atom is -0.352 e. The molecule has 1 aromatic carbocycles. The average Bonchev–Trinajstić information content (AvgIpc) is 2.82. The van der Waals surface area contributed by atoms with E-state index in [1.165, 1.54) is 12.1 Å². The molecule has 2 atom stereocenters. The molecular formula is C14H17F3N2O. The van der Waals surface area contributed by atoms with E-state index in [1.54, 1.807) is 0 Å². The average molecular weight is 286 g/mol. The number of halogens is 3. The highest BCUT2D eigenvalue weighted by molar-refractivity contribution is 5.79. The van der Waals surface area contributed by atoms with Crippen molar-refractivity contribution in [2.45, 2.75) is 38.0 Å². The second-order valence-corrected chi connectivity index (χ2v) is 5.18. The highest BCUT2D eigenvalue weighted by Crippen LogP contribution is 2.29. The third-order valence-electron chi connectivity index (χ3n) is 3.59. The number of rotatable bonds is 3. The van der Waals surface area contributed by atoms with Crippen molar-refractivity contribution >= 4 is 5.91 Å². The van der Waals surface area contributed by atoms with E-state index in [4.69, 9.17) is 5.73 Å². The zero-order valence-corrected chi connectivity index (χ0v) is 10.9. The van der Waals surface area contributed by atoms with Crippen LogP contribution in [0.15, 0.2) is 24.3 Å². The van der Waals surface area contributed by atoms with Gasteiger partial charge in [0.25, 0.3) is 0 Å². The fourth-order valence-corrected chi connectivity index (χ4v) is 2.40. The van der Waals surface area contributed by atoms with Crippen LogP contribution in [0.4, 0.5) is 13.2 Å². The predicted octanol–water partition coefficient (Wildman–Crippen LogP) is 2.45. The molecule has 0 aromatic heterocycles. The van der Waals surface area contributed by atoms with E-state index >= 15 is 0 Å². The Bertz CT molecular complexity index is 470. The SMILES string of the molecule is NC1CCC(C(=O)NCc2ccc(C(F)(F)F)cc2)C1. The first-order chi connectivity index (χ1) is 9.36. The molecule has 0 aliphatic heterocycles. The molecule has 1 saturated carbocycles. The van der Waals surface area contributed by atoms with Gasteiger partial charge in [-0.15, -0.1) is 0 Å². The lowest BCUT2D eigenvalue weighted by Gasteiger charge is -2.11. The summed E-state index contributed by atoms with van der Waals surface area (Å²) in [5, 5.41) is 2.74. The van der Waals surface area contributed by atoms with Crippen LogP contribution in [0.3, 0.4) is 0 Å². The van der Waals surface area contributed by atoms with Gasteiger partial charge in [-0.05, 0) is 37.0 Å². The second kappa shape index (κ2) is 5.83. The van der Waals surface area contributed by atoms with Crippen LogP contribution in [0.1, 0.15) is 30.4 Å². The number of nitrogens with two attached hydrogens (primary N) is 1. The lowest BCUT2D eigenvalue weighted by molar-refractivity contribution is -0.137. The Balaban J connectivity index is 1.86. The van der Waals surface area contributed by atoms with Gasteiger partial charge in [0.15, 0.2) is 0 Å². The standard InChI is InChI=1S/C14H17F3N2O/c15-14(16,17)11-4-1-9(2-5-11)8-19-13(20)10-3-6-12(18)7-10/h1-2,4-5,10,12H,3,6-8,18H2,(H,19,20). The highest BCUT2D eigenvalue weighted by atomic mass is 19.4. The third kappa shape index (κ3) is 3.72. The minimum absolute atomic E-state index is 0.0700. The predicted molar refractivity (Wildman–Crippen MR) is 68.6 cm³/mol. The Labute approximate surface area is 115 Å². The van der Waals surface area contributed by atoms with Gasteiger partial charge in [0.2, 0.25) is 5.91 Å². The van der Waals surface area contributed by atoms with Gasteiger partial charge in [-0.25, -0.2) is 0 Å². The van der Waals surface area contributed by atoms with Gasteiger partial charge in [0, 0.05) is 18.5 Å². The topological polar surface area (TPSA) is 55.1 Å². The smallest absolute Gasteiger partial charge is 0.352 e. The summed E-state index contributed by atoms with van der Waals surface area (Å²) in [7, 11) is 0. The first kappa shape index (κ1) is 14.8. The Morgan fingerprint density at radius 2 is 1.90 bits per heavy atom. The van der Waals surface area contributed by atoms with Crippen LogP contribution >= 0.6 is 0 Å². The van der Waals surface area contributed by atoms with Crippen LogP contribution in [-0.2, 0) is 17.5 Å². The molecule has 1 aliphatic carbocycles. The molecule has 110 valence electrons. The Morgan fingerprint density at radius 3 is 2.40 bits per heavy atom. The summed E-state index contributed by atoms with van der Waals surface area (Å²) in [6, 6.07) is 4.88. The summed E-state index contributed by atoms with van der Waals surface area (Å²) in [6.45, 7) is 0.239. The van der Waals surface area contributed by atoms with Gasteiger partial charge in [-0.2, -0.15) is 13.2 Å². The molecule has 20 heavy (non-hydrogen) atoms. The van der Waals surface area contributed by atoms with Gasteiger partial charge in [-0.3, -0.25) is 4.79 Å². The van der Waals surface area contributed by atoms with Crippen LogP contribution in [0.5, 0.6) is 0 Å². The Hall–Kier alpha value is -1.56. The molecule has 6 heteroatoms. The molecule has 0 saturated heterocycles. The number of hydrogen-bond donors (Lipinski definition) is 2. The van der Waals surface area contributed by atoms with Crippen molar-refractivity contribution in [2.75, 3.05) is 0 Å². The third-order valence-corrected chi connectivity index (χ3v) is 3.59. The van der Waals surface area contributed by atoms with E-state index in [0.29, 0.717) is 12.0 Å². The minimum atomic E-state index is -4.33. The van der Waals surface area contributed by atoms with E-state index in [2.05, 4.69) is 5.32 Å². The first-order valence-electron chi connectivity index (χ1n) is 6.55. The lowest BCUT2D eigenvalue weighted by Crippen LogP contribution is -2.30. The quantitative estimate of drug-likeness (QED) is 0.896. The van der Waals surface area contributed by atoms with Crippen molar-refractivity contribution in [1.82, 2.24) is 5.32 Å². The lowest BCUT2D eigenvalue weighted by atomic mass is 10.1. The summed E-state index contributed by atoms with van der Waals surface area (Å²) >= 11 is 0. The molecule has 0 radical (unpaired) electrons. The fraction of sp³-hybridized carbons (Fsp3) is 0.500. The van der Waals surface area contributed by atoms with Gasteiger partial charge in [0.1, 0.15) is 0 Å². The number of nitrogens with one attached hydrogen (secondary N) is 1. The zero-order valence-electron chi connectivity index (χ0n) is 10.9. The largest absolute Gasteiger partial charge is 0.416 e. The highest BCUT2D eigenvalue weighted by Gasteiger charge is 2.30. The van der Waals surface area contributed by atoms with E-state index in [1.807, 2.05) is 0 Å². The van der Waals surface area contributed by atoms with Crippen LogP contribution in [0, 0.1) is 5.92 Å². The van der Waals surface area contributed by atoms with E-state index in [9.17, 15) is 18.0 Å². The molecule has 1 fully saturated rings. The van der Waals surface area contributed by atoms with E-state index in [-0.39, 0.29) is 24.4 Å². The number of benzene rings is 1. The molecule has 1 aliphatic rings. The number of carbonyl (C=O) groups is 1. The molecule has 2 unspecified atom stereocenters. The maximum Gasteiger partial charge on any atom is 0.416 e. The molecule has 0 spiro atoms. The van der Waals surface area contributed by atoms with E-state index < -0.39 is 11.7 Å². The summed E-state index contributed by atoms with van der Waals surface area (Å²) in [6.07, 6.45) is -2.03. The maximum atomic E-state index is 12.4. The molecule has 0 heterocycles. The maximum absolute atomic E-state index is 12.4. The van der Waals surface area contributed by atoms with Crippen LogP contribution in [0.25, 0.3) is 0 Å². The van der Waals surface area contributed by atoms with Crippen molar-refractivity contribution in [3.8, 4) is 0 Å². The second-order valence-electron chi connectivity index (χ2n) is 5.18. The summed E-state index contributed by atoms with van der Waals surface area (Å²) in [5.41, 5.74) is 5.70. The zero-order chi connectivity index (χ0) is 14.8. The van der Waals surface area contributed by atoms with Crippen LogP contribution < -0.4 is 11.1 Å². The summed E-state index contributed by atoms with van der Waals surface area (Å²) in [5.74, 6) is -0.141. The van der Waals surface area contributed by atoms with Gasteiger partial charge in [-0.1, -0.05) is 12.1 Å². The van der Waals surface area contributed by atoms with Crippen molar-refractivity contribution in [1.29, 1.82) is 0 Å². The molecule has 1 amide bonds. The Morgan fingerprint density at radius 1 is 1.25 bits per heavy atom. The van der Waals surface area contributed by atoms with Crippen molar-refractivity contribution in [3.05, 3.63) is 35.4 Å². The molecule has 3 nitrogen and oxygen atoms in total. The number of amides is 1. The monoisotopic (exact) mass is 286 g/mol. The van der Waals surface area contributed by atoms with Crippen molar-refractivity contribution in [3.63, 3.8) is 0 Å². The summed E-state index contributed by atoms with van der Waals surface area (Å²) < 4.78 is 37.2. The fourth-order valence-electron chi connectivity index (χ4n) is 2.40. The molecular weight excluding hydrogens is 269 g/mol. The van der Waals surface area contributed by atoms with Gasteiger partial charge in [0.05, 0.1) is 5.56 Å². The Kier molecular flexibility index (Phi) is 4.32.